The summed E-state index contributed by atoms with van der Waals surface area (Å²) in [4.78, 5) is 0. The number of rotatable bonds is 1. The van der Waals surface area contributed by atoms with Crippen LogP contribution >= 0.6 is 0 Å². The molecule has 0 spiro atoms. The van der Waals surface area contributed by atoms with Crippen molar-refractivity contribution < 1.29 is 5.11 Å². The zero-order valence-electron chi connectivity index (χ0n) is 15.6. The molecule has 6 bridgehead atoms. The number of aliphatic hydroxyl groups excluding tert-OH is 1. The van der Waals surface area contributed by atoms with Gasteiger partial charge in [-0.2, -0.15) is 5.26 Å². The number of allylic oxidation sites excluding steroid dienone is 2. The molecule has 7 aliphatic carbocycles. The maximum Gasteiger partial charge on any atom is 0.0756 e. The van der Waals surface area contributed by atoms with Gasteiger partial charge in [-0.25, -0.2) is 0 Å². The first kappa shape index (κ1) is 15.2. The van der Waals surface area contributed by atoms with Gasteiger partial charge in [-0.05, 0) is 96.7 Å². The van der Waals surface area contributed by atoms with Gasteiger partial charge in [-0.1, -0.05) is 31.4 Å². The van der Waals surface area contributed by atoms with Crippen molar-refractivity contribution in [3.8, 4) is 6.07 Å². The first-order valence-corrected chi connectivity index (χ1v) is 11.5. The van der Waals surface area contributed by atoms with Crippen molar-refractivity contribution in [2.24, 2.45) is 70.5 Å². The second-order valence-corrected chi connectivity index (χ2v) is 11.2. The molecule has 0 aromatic rings. The number of nitrogens with zero attached hydrogens (tertiary/aromatic N) is 1. The summed E-state index contributed by atoms with van der Waals surface area (Å²) in [6.07, 6.45) is 16.1. The summed E-state index contributed by atoms with van der Waals surface area (Å²) in [6, 6.07) is 2.57. The molecule has 0 saturated heterocycles. The second-order valence-electron chi connectivity index (χ2n) is 11.2. The van der Waals surface area contributed by atoms with Gasteiger partial charge in [0.25, 0.3) is 0 Å². The van der Waals surface area contributed by atoms with Crippen LogP contribution in [-0.2, 0) is 0 Å². The average molecular weight is 350 g/mol. The van der Waals surface area contributed by atoms with Crippen LogP contribution in [-0.4, -0.2) is 11.2 Å². The average Bonchev–Trinajstić information content (AvgIpc) is 3.46. The molecule has 12 atom stereocenters. The molecular weight excluding hydrogens is 318 g/mol. The summed E-state index contributed by atoms with van der Waals surface area (Å²) < 4.78 is 0. The van der Waals surface area contributed by atoms with E-state index in [9.17, 15) is 10.4 Å². The Hall–Kier alpha value is -0.810. The molecule has 1 N–H and O–H groups in total. The summed E-state index contributed by atoms with van der Waals surface area (Å²) in [5, 5.41) is 20.7. The minimum Gasteiger partial charge on any atom is -0.391 e. The molecule has 0 radical (unpaired) electrons. The van der Waals surface area contributed by atoms with E-state index in [1.807, 2.05) is 0 Å². The summed E-state index contributed by atoms with van der Waals surface area (Å²) in [5.74, 6) is 7.81. The SMILES string of the molecule is N#CC1C(O)C2CC1C1C2C2CC1(C1CCCCC1)C1C3C=CC(C3)C21. The molecule has 0 heterocycles. The molecule has 12 unspecified atom stereocenters. The predicted molar refractivity (Wildman–Crippen MR) is 98.5 cm³/mol. The molecular formula is C24H31NO. The van der Waals surface area contributed by atoms with Crippen LogP contribution in [0.4, 0.5) is 0 Å². The molecule has 2 nitrogen and oxygen atoms in total. The third-order valence-electron chi connectivity index (χ3n) is 11.0. The lowest BCUT2D eigenvalue weighted by molar-refractivity contribution is -0.0963. The van der Waals surface area contributed by atoms with Crippen molar-refractivity contribution in [2.45, 2.75) is 57.5 Å². The van der Waals surface area contributed by atoms with Crippen molar-refractivity contribution in [2.75, 3.05) is 0 Å². The van der Waals surface area contributed by atoms with Crippen molar-refractivity contribution in [3.63, 3.8) is 0 Å². The molecule has 7 aliphatic rings. The number of fused-ring (bicyclic) bond motifs is 16. The maximum absolute atomic E-state index is 10.9. The highest BCUT2D eigenvalue weighted by molar-refractivity contribution is 5.31. The first-order valence-electron chi connectivity index (χ1n) is 11.5. The Morgan fingerprint density at radius 1 is 0.885 bits per heavy atom. The van der Waals surface area contributed by atoms with Gasteiger partial charge in [0.05, 0.1) is 18.1 Å². The van der Waals surface area contributed by atoms with E-state index in [1.54, 1.807) is 0 Å². The van der Waals surface area contributed by atoms with Crippen molar-refractivity contribution >= 4 is 0 Å². The zero-order chi connectivity index (χ0) is 17.2. The first-order chi connectivity index (χ1) is 12.8. The zero-order valence-corrected chi connectivity index (χ0v) is 15.6. The molecule has 0 aromatic carbocycles. The van der Waals surface area contributed by atoms with Crippen LogP contribution in [0.25, 0.3) is 0 Å². The standard InChI is InChI=1S/C24H31NO/c25-11-18-15-9-16(23(18)26)20-17-10-24(22(15)20,14-4-2-1-3-5-14)21-13-7-6-12(8-13)19(17)21/h6-7,12-23,26H,1-5,8-10H2. The van der Waals surface area contributed by atoms with Gasteiger partial charge >= 0.3 is 0 Å². The van der Waals surface area contributed by atoms with Gasteiger partial charge in [0.15, 0.2) is 0 Å². The Labute approximate surface area is 157 Å². The van der Waals surface area contributed by atoms with E-state index >= 15 is 0 Å². The Morgan fingerprint density at radius 2 is 1.69 bits per heavy atom. The Kier molecular flexibility index (Phi) is 2.78. The molecule has 138 valence electrons. The molecule has 2 heteroatoms. The molecule has 0 amide bonds. The third-order valence-corrected chi connectivity index (χ3v) is 11.0. The van der Waals surface area contributed by atoms with Gasteiger partial charge in [0.1, 0.15) is 0 Å². The van der Waals surface area contributed by atoms with Crippen LogP contribution in [0.15, 0.2) is 12.2 Å². The second kappa shape index (κ2) is 4.78. The summed E-state index contributed by atoms with van der Waals surface area (Å²) in [6.45, 7) is 0. The summed E-state index contributed by atoms with van der Waals surface area (Å²) in [7, 11) is 0. The topological polar surface area (TPSA) is 44.0 Å². The largest absolute Gasteiger partial charge is 0.391 e. The lowest BCUT2D eigenvalue weighted by Gasteiger charge is -2.56. The fourth-order valence-corrected chi connectivity index (χ4v) is 10.9. The lowest BCUT2D eigenvalue weighted by Crippen LogP contribution is -2.53. The quantitative estimate of drug-likeness (QED) is 0.563. The molecule has 7 rings (SSSR count). The highest BCUT2D eigenvalue weighted by Gasteiger charge is 2.79. The number of nitriles is 1. The van der Waals surface area contributed by atoms with Gasteiger partial charge in [0, 0.05) is 0 Å². The molecule has 0 aromatic heterocycles. The maximum atomic E-state index is 10.9. The Morgan fingerprint density at radius 3 is 2.50 bits per heavy atom. The number of hydrogen-bond acceptors (Lipinski definition) is 2. The van der Waals surface area contributed by atoms with Gasteiger partial charge in [-0.3, -0.25) is 0 Å². The van der Waals surface area contributed by atoms with Crippen LogP contribution in [0, 0.1) is 81.8 Å². The van der Waals surface area contributed by atoms with E-state index in [-0.39, 0.29) is 12.0 Å². The third kappa shape index (κ3) is 1.44. The smallest absolute Gasteiger partial charge is 0.0756 e. The van der Waals surface area contributed by atoms with Crippen molar-refractivity contribution in [3.05, 3.63) is 12.2 Å². The highest BCUT2D eigenvalue weighted by atomic mass is 16.3. The van der Waals surface area contributed by atoms with E-state index < -0.39 is 0 Å². The fraction of sp³-hybridized carbons (Fsp3) is 0.875. The van der Waals surface area contributed by atoms with Crippen LogP contribution < -0.4 is 0 Å². The summed E-state index contributed by atoms with van der Waals surface area (Å²) >= 11 is 0. The Balaban J connectivity index is 1.39. The minimum absolute atomic E-state index is 0.0614. The molecule has 0 aliphatic heterocycles. The summed E-state index contributed by atoms with van der Waals surface area (Å²) in [5.41, 5.74) is 0.541. The Bertz CT molecular complexity index is 716. The predicted octanol–water partition coefficient (Wildman–Crippen LogP) is 4.41. The van der Waals surface area contributed by atoms with E-state index in [2.05, 4.69) is 18.2 Å². The monoisotopic (exact) mass is 349 g/mol. The fourth-order valence-electron chi connectivity index (χ4n) is 10.9. The van der Waals surface area contributed by atoms with Gasteiger partial charge in [-0.15, -0.1) is 0 Å². The number of aliphatic hydroxyl groups is 1. The van der Waals surface area contributed by atoms with Gasteiger partial charge < -0.3 is 5.11 Å². The van der Waals surface area contributed by atoms with Crippen LogP contribution in [0.2, 0.25) is 0 Å². The van der Waals surface area contributed by atoms with Crippen LogP contribution in [0.3, 0.4) is 0 Å². The number of hydrogen-bond donors (Lipinski definition) is 1. The van der Waals surface area contributed by atoms with Crippen LogP contribution in [0.5, 0.6) is 0 Å². The molecule has 26 heavy (non-hydrogen) atoms. The lowest BCUT2D eigenvalue weighted by atomic mass is 9.48. The molecule has 6 saturated carbocycles. The van der Waals surface area contributed by atoms with Crippen molar-refractivity contribution in [1.29, 1.82) is 5.26 Å². The van der Waals surface area contributed by atoms with Crippen molar-refractivity contribution in [1.82, 2.24) is 0 Å². The van der Waals surface area contributed by atoms with E-state index in [4.69, 9.17) is 0 Å². The molecule has 6 fully saturated rings. The highest BCUT2D eigenvalue weighted by Crippen LogP contribution is 2.83. The minimum atomic E-state index is -0.318. The van der Waals surface area contributed by atoms with E-state index in [0.29, 0.717) is 17.3 Å². The van der Waals surface area contributed by atoms with E-state index in [1.165, 1.54) is 51.4 Å². The normalized spacial score (nSPS) is 64.1. The van der Waals surface area contributed by atoms with E-state index in [0.717, 1.165) is 47.3 Å². The van der Waals surface area contributed by atoms with Gasteiger partial charge in [0.2, 0.25) is 0 Å². The van der Waals surface area contributed by atoms with Crippen LogP contribution in [0.1, 0.15) is 51.4 Å².